The molecular weight excluding hydrogens is 433 g/mol. The van der Waals surface area contributed by atoms with E-state index in [1.807, 2.05) is 0 Å². The van der Waals surface area contributed by atoms with Gasteiger partial charge in [0, 0.05) is 0 Å². The van der Waals surface area contributed by atoms with Gasteiger partial charge in [-0.1, -0.05) is 0 Å². The Morgan fingerprint density at radius 1 is 0.900 bits per heavy atom. The Bertz CT molecular complexity index is 408. The summed E-state index contributed by atoms with van der Waals surface area (Å²) in [6.45, 7) is 8.79. The van der Waals surface area contributed by atoms with Crippen LogP contribution in [0, 0.1) is 0 Å². The Labute approximate surface area is 140 Å². The first-order chi connectivity index (χ1) is 9.38. The standard InChI is InChI=1S/C6H4.2C5H12N.2Pd/c1-2-4-6-5-3-1;2*1-3-5(6)4-2;;/h1-4H;2*3-4,6H2,1-2H3;;. The summed E-state index contributed by atoms with van der Waals surface area (Å²) in [6.07, 6.45) is 3.92. The van der Waals surface area contributed by atoms with Crippen molar-refractivity contribution in [2.24, 2.45) is 11.5 Å². The zero-order valence-corrected chi connectivity index (χ0v) is 16.0. The maximum atomic E-state index is 6.83. The number of benzene rings is 1. The van der Waals surface area contributed by atoms with E-state index in [1.165, 1.54) is 8.07 Å². The molecule has 0 fully saturated rings. The van der Waals surface area contributed by atoms with Gasteiger partial charge >= 0.3 is 141 Å². The van der Waals surface area contributed by atoms with Crippen LogP contribution >= 0.6 is 0 Å². The molecule has 0 saturated carbocycles. The Morgan fingerprint density at radius 3 is 1.65 bits per heavy atom. The van der Waals surface area contributed by atoms with E-state index in [9.17, 15) is 0 Å². The van der Waals surface area contributed by atoms with E-state index in [0.717, 1.165) is 25.7 Å². The van der Waals surface area contributed by atoms with Gasteiger partial charge in [0.2, 0.25) is 0 Å². The predicted octanol–water partition coefficient (Wildman–Crippen LogP) is 2.05. The summed E-state index contributed by atoms with van der Waals surface area (Å²) in [5.74, 6) is 0. The summed E-state index contributed by atoms with van der Waals surface area (Å²) in [5, 5.41) is 0. The van der Waals surface area contributed by atoms with Crippen molar-refractivity contribution < 1.29 is 36.0 Å². The van der Waals surface area contributed by atoms with Crippen molar-refractivity contribution in [1.82, 2.24) is 0 Å². The average Bonchev–Trinajstić information content (AvgIpc) is 2.48. The molecule has 0 heterocycles. The van der Waals surface area contributed by atoms with Crippen LogP contribution in [0.5, 0.6) is 0 Å². The van der Waals surface area contributed by atoms with Gasteiger partial charge in [-0.2, -0.15) is 0 Å². The van der Waals surface area contributed by atoms with Crippen LogP contribution in [0.2, 0.25) is 0 Å². The summed E-state index contributed by atoms with van der Waals surface area (Å²) < 4.78 is 2.27. The number of nitrogens with two attached hydrogens (primary N) is 2. The molecule has 1 aromatic rings. The second kappa shape index (κ2) is 7.64. The Hall–Kier alpha value is 0.465. The van der Waals surface area contributed by atoms with Crippen LogP contribution in [0.25, 0.3) is 0 Å². The first kappa shape index (κ1) is 18.5. The summed E-state index contributed by atoms with van der Waals surface area (Å²) in [6, 6.07) is 8.53. The van der Waals surface area contributed by atoms with E-state index >= 15 is 0 Å². The molecule has 2 nitrogen and oxygen atoms in total. The van der Waals surface area contributed by atoms with Crippen LogP contribution in [0.1, 0.15) is 53.4 Å². The molecule has 1 aromatic carbocycles. The van der Waals surface area contributed by atoms with Crippen molar-refractivity contribution >= 4 is 8.07 Å². The zero-order valence-electron chi connectivity index (χ0n) is 12.9. The zero-order chi connectivity index (χ0) is 15.4. The number of rotatable bonds is 7. The van der Waals surface area contributed by atoms with Crippen LogP contribution in [-0.2, 0) is 36.0 Å². The van der Waals surface area contributed by atoms with Gasteiger partial charge in [-0.15, -0.1) is 0 Å². The molecule has 0 amide bonds. The van der Waals surface area contributed by atoms with Gasteiger partial charge in [-0.05, 0) is 0 Å². The minimum absolute atomic E-state index is 0.151. The molecule has 0 bridgehead atoms. The van der Waals surface area contributed by atoms with E-state index in [1.54, 1.807) is 0 Å². The molecule has 0 aliphatic heterocycles. The van der Waals surface area contributed by atoms with Gasteiger partial charge in [-0.25, -0.2) is 0 Å². The fourth-order valence-corrected chi connectivity index (χ4v) is 9.44. The Morgan fingerprint density at radius 2 is 1.30 bits per heavy atom. The average molecular weight is 461 g/mol. The second-order valence-corrected chi connectivity index (χ2v) is 10.9. The molecule has 0 saturated heterocycles. The first-order valence-electron chi connectivity index (χ1n) is 7.28. The van der Waals surface area contributed by atoms with Crippen molar-refractivity contribution in [2.75, 3.05) is 0 Å². The Kier molecular flexibility index (Phi) is 7.08. The van der Waals surface area contributed by atoms with E-state index in [4.69, 9.17) is 11.5 Å². The minimum atomic E-state index is -1.30. The van der Waals surface area contributed by atoms with Crippen molar-refractivity contribution in [2.45, 2.75) is 61.4 Å². The topological polar surface area (TPSA) is 52.0 Å². The molecule has 0 atom stereocenters. The van der Waals surface area contributed by atoms with E-state index in [2.05, 4.69) is 71.2 Å². The van der Waals surface area contributed by atoms with E-state index < -0.39 is 16.8 Å². The summed E-state index contributed by atoms with van der Waals surface area (Å²) in [5.41, 5.74) is 13.7. The van der Waals surface area contributed by atoms with Gasteiger partial charge in [0.05, 0.1) is 0 Å². The fourth-order valence-electron chi connectivity index (χ4n) is 2.14. The van der Waals surface area contributed by atoms with Crippen LogP contribution in [0.4, 0.5) is 0 Å². The SMILES string of the molecule is CC[C](N)(CC)[Pd]([c]1cccc[c]1[Pd])[C](N)(CC)CC. The molecule has 0 aliphatic carbocycles. The molecular formula is C16H28N2Pd2. The molecule has 0 unspecified atom stereocenters. The first-order valence-corrected chi connectivity index (χ1v) is 10.4. The fraction of sp³-hybridized carbons (Fsp3) is 0.625. The quantitative estimate of drug-likeness (QED) is 0.612. The second-order valence-electron chi connectivity index (χ2n) is 4.95. The van der Waals surface area contributed by atoms with E-state index in [0.29, 0.717) is 0 Å². The molecule has 122 valence electrons. The summed E-state index contributed by atoms with van der Waals surface area (Å²) in [7, 11) is 0. The molecule has 0 radical (unpaired) electrons. The van der Waals surface area contributed by atoms with Gasteiger partial charge in [-0.3, -0.25) is 0 Å². The van der Waals surface area contributed by atoms with Crippen LogP contribution < -0.4 is 19.5 Å². The maximum absolute atomic E-state index is 6.83. The van der Waals surface area contributed by atoms with Crippen LogP contribution in [-0.4, -0.2) is 8.02 Å². The van der Waals surface area contributed by atoms with Crippen molar-refractivity contribution in [3.05, 3.63) is 24.3 Å². The third-order valence-corrected chi connectivity index (χ3v) is 11.8. The molecule has 20 heavy (non-hydrogen) atoms. The van der Waals surface area contributed by atoms with Gasteiger partial charge in [0.25, 0.3) is 0 Å². The third kappa shape index (κ3) is 3.62. The van der Waals surface area contributed by atoms with Gasteiger partial charge in [0.15, 0.2) is 0 Å². The van der Waals surface area contributed by atoms with Crippen molar-refractivity contribution in [3.8, 4) is 0 Å². The molecule has 4 N–H and O–H groups in total. The molecule has 0 aliphatic rings. The van der Waals surface area contributed by atoms with Crippen LogP contribution in [0.3, 0.4) is 0 Å². The summed E-state index contributed by atoms with van der Waals surface area (Å²) >= 11 is 2.12. The molecule has 0 aromatic heterocycles. The molecule has 4 heteroatoms. The summed E-state index contributed by atoms with van der Waals surface area (Å²) in [4.78, 5) is 0. The third-order valence-electron chi connectivity index (χ3n) is 3.84. The predicted molar refractivity (Wildman–Crippen MR) is 80.7 cm³/mol. The van der Waals surface area contributed by atoms with Gasteiger partial charge < -0.3 is 0 Å². The molecule has 0 spiro atoms. The van der Waals surface area contributed by atoms with E-state index in [-0.39, 0.29) is 8.02 Å². The number of hydrogen-bond donors (Lipinski definition) is 2. The Balaban J connectivity index is 3.47. The number of hydrogen-bond acceptors (Lipinski definition) is 2. The monoisotopic (exact) mass is 460 g/mol. The van der Waals surface area contributed by atoms with Crippen molar-refractivity contribution in [3.63, 3.8) is 0 Å². The normalized spacial score (nSPS) is 13.5. The van der Waals surface area contributed by atoms with Crippen LogP contribution in [0.15, 0.2) is 24.3 Å². The van der Waals surface area contributed by atoms with Crippen molar-refractivity contribution in [1.29, 1.82) is 0 Å². The van der Waals surface area contributed by atoms with Gasteiger partial charge in [0.1, 0.15) is 0 Å². The molecule has 1 rings (SSSR count).